The second kappa shape index (κ2) is 9.22. The van der Waals surface area contributed by atoms with Gasteiger partial charge in [-0.3, -0.25) is 4.79 Å². The molecule has 0 atom stereocenters. The number of benzene rings is 3. The first kappa shape index (κ1) is 22.8. The van der Waals surface area contributed by atoms with Crippen LogP contribution in [0.2, 0.25) is 5.04 Å². The van der Waals surface area contributed by atoms with Crippen molar-refractivity contribution in [1.29, 1.82) is 0 Å². The van der Waals surface area contributed by atoms with Crippen molar-refractivity contribution in [3.05, 3.63) is 88.4 Å². The van der Waals surface area contributed by atoms with Crippen LogP contribution in [0.15, 0.2) is 77.3 Å². The molecule has 6 heteroatoms. The van der Waals surface area contributed by atoms with Crippen molar-refractivity contribution >= 4 is 40.5 Å². The molecule has 3 aromatic rings. The molecular formula is C26H28BrNO3Si. The molecule has 1 aliphatic rings. The minimum absolute atomic E-state index is 0.112. The van der Waals surface area contributed by atoms with Crippen LogP contribution in [-0.2, 0) is 11.0 Å². The molecule has 4 nitrogen and oxygen atoms in total. The fourth-order valence-corrected chi connectivity index (χ4v) is 9.58. The Morgan fingerprint density at radius 3 is 2.16 bits per heavy atom. The van der Waals surface area contributed by atoms with E-state index in [0.29, 0.717) is 31.1 Å². The van der Waals surface area contributed by atoms with Gasteiger partial charge in [0.15, 0.2) is 0 Å². The number of nitrogens with one attached hydrogen (secondary N) is 1. The summed E-state index contributed by atoms with van der Waals surface area (Å²) in [4.78, 5) is 12.6. The summed E-state index contributed by atoms with van der Waals surface area (Å²) in [6.45, 7) is 8.11. The number of carbonyl (C=O) groups excluding carboxylic acids is 1. The van der Waals surface area contributed by atoms with E-state index in [9.17, 15) is 4.79 Å². The van der Waals surface area contributed by atoms with E-state index in [0.717, 1.165) is 10.0 Å². The highest BCUT2D eigenvalue weighted by atomic mass is 79.9. The Morgan fingerprint density at radius 2 is 1.59 bits per heavy atom. The zero-order valence-electron chi connectivity index (χ0n) is 18.7. The van der Waals surface area contributed by atoms with Crippen LogP contribution in [0.5, 0.6) is 5.75 Å². The average Bonchev–Trinajstić information content (AvgIpc) is 2.97. The maximum Gasteiger partial charge on any atom is 0.261 e. The summed E-state index contributed by atoms with van der Waals surface area (Å²) in [5.41, 5.74) is 1.47. The van der Waals surface area contributed by atoms with E-state index in [1.807, 2.05) is 24.3 Å². The molecule has 0 saturated carbocycles. The first-order chi connectivity index (χ1) is 15.3. The van der Waals surface area contributed by atoms with Gasteiger partial charge in [0, 0.05) is 0 Å². The third-order valence-electron chi connectivity index (χ3n) is 5.85. The van der Waals surface area contributed by atoms with Crippen LogP contribution in [0.1, 0.15) is 36.7 Å². The normalized spacial score (nSPS) is 14.2. The van der Waals surface area contributed by atoms with Gasteiger partial charge in [0.05, 0.1) is 23.2 Å². The molecule has 166 valence electrons. The lowest BCUT2D eigenvalue weighted by atomic mass is 10.1. The molecule has 1 N–H and O–H groups in total. The van der Waals surface area contributed by atoms with E-state index in [2.05, 4.69) is 90.5 Å². The number of halogens is 1. The van der Waals surface area contributed by atoms with Crippen LogP contribution in [0, 0.1) is 0 Å². The van der Waals surface area contributed by atoms with Gasteiger partial charge < -0.3 is 14.5 Å². The van der Waals surface area contributed by atoms with E-state index in [1.54, 1.807) is 0 Å². The van der Waals surface area contributed by atoms with Crippen LogP contribution in [-0.4, -0.2) is 27.4 Å². The van der Waals surface area contributed by atoms with Gasteiger partial charge in [0.1, 0.15) is 12.4 Å². The Hall–Kier alpha value is -2.41. The summed E-state index contributed by atoms with van der Waals surface area (Å²) in [6, 6.07) is 25.0. The number of amides is 1. The number of rotatable bonds is 5. The van der Waals surface area contributed by atoms with Crippen LogP contribution >= 0.6 is 15.9 Å². The Morgan fingerprint density at radius 1 is 1.00 bits per heavy atom. The predicted molar refractivity (Wildman–Crippen MR) is 134 cm³/mol. The number of hydrogen-bond donors (Lipinski definition) is 1. The van der Waals surface area contributed by atoms with E-state index in [1.165, 1.54) is 10.4 Å². The average molecular weight is 511 g/mol. The van der Waals surface area contributed by atoms with Crippen molar-refractivity contribution in [2.75, 3.05) is 13.2 Å². The summed E-state index contributed by atoms with van der Waals surface area (Å²) >= 11 is 3.60. The minimum Gasteiger partial charge on any atom is -0.490 e. The quantitative estimate of drug-likeness (QED) is 0.509. The third-order valence-corrected chi connectivity index (χ3v) is 11.4. The largest absolute Gasteiger partial charge is 0.490 e. The molecule has 1 heterocycles. The molecular weight excluding hydrogens is 482 g/mol. The van der Waals surface area contributed by atoms with Gasteiger partial charge in [-0.15, -0.1) is 0 Å². The zero-order valence-corrected chi connectivity index (χ0v) is 21.2. The Kier molecular flexibility index (Phi) is 6.56. The minimum atomic E-state index is -2.66. The summed E-state index contributed by atoms with van der Waals surface area (Å²) in [5, 5.41) is 5.23. The van der Waals surface area contributed by atoms with Crippen LogP contribution in [0.25, 0.3) is 0 Å². The van der Waals surface area contributed by atoms with E-state index < -0.39 is 8.32 Å². The van der Waals surface area contributed by atoms with E-state index in [-0.39, 0.29) is 10.9 Å². The monoisotopic (exact) mass is 509 g/mol. The summed E-state index contributed by atoms with van der Waals surface area (Å²) < 4.78 is 13.6. The van der Waals surface area contributed by atoms with Crippen LogP contribution in [0.3, 0.4) is 0 Å². The van der Waals surface area contributed by atoms with Gasteiger partial charge in [0.2, 0.25) is 0 Å². The van der Waals surface area contributed by atoms with Crippen molar-refractivity contribution in [2.24, 2.45) is 0 Å². The first-order valence-electron chi connectivity index (χ1n) is 10.8. The molecule has 0 aliphatic carbocycles. The number of carbonyl (C=O) groups is 1. The van der Waals surface area contributed by atoms with Gasteiger partial charge in [-0.25, -0.2) is 0 Å². The molecule has 0 aromatic heterocycles. The second-order valence-electron chi connectivity index (χ2n) is 9.01. The summed E-state index contributed by atoms with van der Waals surface area (Å²) in [7, 11) is -2.66. The van der Waals surface area contributed by atoms with Gasteiger partial charge in [-0.2, -0.15) is 0 Å². The van der Waals surface area contributed by atoms with Crippen molar-refractivity contribution in [3.8, 4) is 5.75 Å². The molecule has 3 aromatic carbocycles. The lowest BCUT2D eigenvalue weighted by molar-refractivity contribution is 0.0957. The smallest absolute Gasteiger partial charge is 0.261 e. The highest BCUT2D eigenvalue weighted by Gasteiger charge is 2.50. The number of fused-ring (bicyclic) bond motifs is 1. The molecule has 32 heavy (non-hydrogen) atoms. The lowest BCUT2D eigenvalue weighted by Gasteiger charge is -2.43. The second-order valence-corrected chi connectivity index (χ2v) is 14.2. The SMILES string of the molecule is CC(C)(C)[Si](OCc1cc(Br)c2c(c1)C(=O)NCCO2)(c1ccccc1)c1ccccc1. The topological polar surface area (TPSA) is 47.6 Å². The van der Waals surface area contributed by atoms with Gasteiger partial charge >= 0.3 is 0 Å². The summed E-state index contributed by atoms with van der Waals surface area (Å²) in [5.74, 6) is 0.472. The van der Waals surface area contributed by atoms with Crippen LogP contribution in [0.4, 0.5) is 0 Å². The lowest BCUT2D eigenvalue weighted by Crippen LogP contribution is -2.66. The van der Waals surface area contributed by atoms with E-state index in [4.69, 9.17) is 9.16 Å². The molecule has 1 amide bonds. The Bertz CT molecular complexity index is 1060. The van der Waals surface area contributed by atoms with Crippen molar-refractivity contribution in [1.82, 2.24) is 5.32 Å². The molecule has 0 bridgehead atoms. The Labute approximate surface area is 199 Å². The maximum atomic E-state index is 12.6. The van der Waals surface area contributed by atoms with E-state index >= 15 is 0 Å². The summed E-state index contributed by atoms with van der Waals surface area (Å²) in [6.07, 6.45) is 0. The molecule has 4 rings (SSSR count). The molecule has 0 spiro atoms. The third kappa shape index (κ3) is 4.27. The fourth-order valence-electron chi connectivity index (χ4n) is 4.41. The van der Waals surface area contributed by atoms with Crippen LogP contribution < -0.4 is 20.4 Å². The molecule has 0 radical (unpaired) electrons. The number of ether oxygens (including phenoxy) is 1. The highest BCUT2D eigenvalue weighted by molar-refractivity contribution is 9.10. The van der Waals surface area contributed by atoms with Crippen molar-refractivity contribution in [3.63, 3.8) is 0 Å². The molecule has 0 unspecified atom stereocenters. The van der Waals surface area contributed by atoms with Gasteiger partial charge in [-0.1, -0.05) is 81.4 Å². The van der Waals surface area contributed by atoms with Crippen molar-refractivity contribution in [2.45, 2.75) is 32.4 Å². The first-order valence-corrected chi connectivity index (χ1v) is 13.5. The van der Waals surface area contributed by atoms with Gasteiger partial charge in [0.25, 0.3) is 14.2 Å². The highest BCUT2D eigenvalue weighted by Crippen LogP contribution is 2.38. The zero-order chi connectivity index (χ0) is 22.8. The molecule has 1 aliphatic heterocycles. The van der Waals surface area contributed by atoms with Crippen molar-refractivity contribution < 1.29 is 14.0 Å². The fraction of sp³-hybridized carbons (Fsp3) is 0.269. The van der Waals surface area contributed by atoms with Gasteiger partial charge in [-0.05, 0) is 49.0 Å². The predicted octanol–water partition coefficient (Wildman–Crippen LogP) is 4.65. The number of hydrogen-bond acceptors (Lipinski definition) is 3. The molecule has 0 fully saturated rings. The maximum absolute atomic E-state index is 12.6. The molecule has 0 saturated heterocycles. The standard InChI is InChI=1S/C26H28BrNO3Si/c1-26(2,3)32(20-10-6-4-7-11-20,21-12-8-5-9-13-21)31-18-19-16-22-24(23(27)17-19)30-15-14-28-25(22)29/h4-13,16-17H,14-15,18H2,1-3H3,(H,28,29). The Balaban J connectivity index is 1.78.